The smallest absolute Gasteiger partial charge is 0.243 e. The highest BCUT2D eigenvalue weighted by Crippen LogP contribution is 2.44. The van der Waals surface area contributed by atoms with Crippen LogP contribution in [-0.2, 0) is 21.6 Å². The molecule has 1 saturated heterocycles. The van der Waals surface area contributed by atoms with E-state index in [9.17, 15) is 9.90 Å². The Morgan fingerprint density at radius 3 is 2.74 bits per heavy atom. The number of rotatable bonds is 11. The number of nitrogens with one attached hydrogen (secondary N) is 2. The van der Waals surface area contributed by atoms with Crippen molar-refractivity contribution in [2.24, 2.45) is 5.73 Å². The second kappa shape index (κ2) is 12.9. The van der Waals surface area contributed by atoms with Gasteiger partial charge in [-0.3, -0.25) is 9.48 Å². The van der Waals surface area contributed by atoms with Gasteiger partial charge in [0, 0.05) is 41.9 Å². The van der Waals surface area contributed by atoms with E-state index in [0.29, 0.717) is 13.1 Å². The number of aliphatic hydroxyl groups is 1. The zero-order chi connectivity index (χ0) is 30.8. The lowest BCUT2D eigenvalue weighted by atomic mass is 9.74. The molecule has 1 fully saturated rings. The van der Waals surface area contributed by atoms with Crippen molar-refractivity contribution in [1.82, 2.24) is 20.0 Å². The van der Waals surface area contributed by atoms with Crippen molar-refractivity contribution < 1.29 is 23.4 Å². The maximum Gasteiger partial charge on any atom is 0.243 e. The van der Waals surface area contributed by atoms with Crippen molar-refractivity contribution in [2.45, 2.75) is 49.6 Å². The van der Waals surface area contributed by atoms with Crippen molar-refractivity contribution in [1.29, 1.82) is 0 Å². The maximum atomic E-state index is 15.4. The summed E-state index contributed by atoms with van der Waals surface area (Å²) in [6.07, 6.45) is 1.04. The Bertz CT molecular complexity index is 1420. The third-order valence-corrected chi connectivity index (χ3v) is 7.74. The Balaban J connectivity index is 1.54. The summed E-state index contributed by atoms with van der Waals surface area (Å²) in [5, 5.41) is 20.4. The first kappa shape index (κ1) is 32.3. The van der Waals surface area contributed by atoms with Gasteiger partial charge >= 0.3 is 0 Å². The lowest BCUT2D eigenvalue weighted by molar-refractivity contribution is -0.118. The largest absolute Gasteiger partial charge is 0.389 e. The number of nitrogens with zero attached hydrogens (tertiary/aromatic N) is 3. The molecule has 0 unspecified atom stereocenters. The van der Waals surface area contributed by atoms with E-state index < -0.39 is 46.7 Å². The Kier molecular flexibility index (Phi) is 9.93. The molecule has 1 aliphatic heterocycles. The minimum Gasteiger partial charge on any atom is -0.389 e. The first-order valence-corrected chi connectivity index (χ1v) is 14.2. The molecular formula is C29H36Cl2F2N6O3. The molecule has 228 valence electrons. The topological polar surface area (TPSA) is 118 Å². The summed E-state index contributed by atoms with van der Waals surface area (Å²) in [5.41, 5.74) is 4.79. The highest BCUT2D eigenvalue weighted by molar-refractivity contribution is 6.31. The van der Waals surface area contributed by atoms with Gasteiger partial charge in [-0.25, -0.2) is 8.78 Å². The van der Waals surface area contributed by atoms with Gasteiger partial charge in [-0.1, -0.05) is 41.4 Å². The molecule has 0 radical (unpaired) electrons. The second-order valence-electron chi connectivity index (χ2n) is 11.5. The molecule has 2 aromatic carbocycles. The molecule has 1 aromatic heterocycles. The predicted octanol–water partition coefficient (Wildman–Crippen LogP) is 3.73. The van der Waals surface area contributed by atoms with Crippen LogP contribution in [0.5, 0.6) is 0 Å². The SMILES string of the molecule is CN(C)C[C@@H](O)COC(C)(C)Cn1ccc(NC(=O)[C@@H]2NC[C@](N)(c3ccc(Cl)cc3F)[C@H]2c2cccc(Cl)c2F)n1. The molecule has 9 nitrogen and oxygen atoms in total. The number of halogens is 4. The predicted molar refractivity (Wildman–Crippen MR) is 159 cm³/mol. The number of hydrogen-bond donors (Lipinski definition) is 4. The van der Waals surface area contributed by atoms with Crippen LogP contribution in [0.15, 0.2) is 48.7 Å². The molecule has 0 bridgehead atoms. The molecule has 0 saturated carbocycles. The fourth-order valence-corrected chi connectivity index (χ4v) is 5.69. The van der Waals surface area contributed by atoms with Crippen LogP contribution >= 0.6 is 23.2 Å². The van der Waals surface area contributed by atoms with E-state index in [1.54, 1.807) is 23.0 Å². The monoisotopic (exact) mass is 624 g/mol. The summed E-state index contributed by atoms with van der Waals surface area (Å²) in [6.45, 7) is 4.69. The van der Waals surface area contributed by atoms with Crippen LogP contribution in [0.2, 0.25) is 10.0 Å². The summed E-state index contributed by atoms with van der Waals surface area (Å²) in [6, 6.07) is 9.06. The first-order chi connectivity index (χ1) is 19.7. The molecule has 3 aromatic rings. The summed E-state index contributed by atoms with van der Waals surface area (Å²) in [7, 11) is 3.73. The average molecular weight is 626 g/mol. The van der Waals surface area contributed by atoms with Gasteiger partial charge in [0.1, 0.15) is 11.6 Å². The average Bonchev–Trinajstić information content (AvgIpc) is 3.47. The molecule has 42 heavy (non-hydrogen) atoms. The number of anilines is 1. The molecule has 4 rings (SSSR count). The fourth-order valence-electron chi connectivity index (χ4n) is 5.35. The van der Waals surface area contributed by atoms with Gasteiger partial charge in [-0.15, -0.1) is 0 Å². The van der Waals surface area contributed by atoms with Crippen LogP contribution in [0.25, 0.3) is 0 Å². The van der Waals surface area contributed by atoms with Crippen molar-refractivity contribution in [3.63, 3.8) is 0 Å². The molecule has 13 heteroatoms. The van der Waals surface area contributed by atoms with Gasteiger partial charge in [-0.2, -0.15) is 5.10 Å². The van der Waals surface area contributed by atoms with E-state index in [1.807, 2.05) is 32.8 Å². The van der Waals surface area contributed by atoms with Crippen LogP contribution in [0, 0.1) is 11.6 Å². The Morgan fingerprint density at radius 2 is 2.05 bits per heavy atom. The number of hydrogen-bond acceptors (Lipinski definition) is 7. The minimum absolute atomic E-state index is 0.0279. The van der Waals surface area contributed by atoms with Crippen molar-refractivity contribution in [3.8, 4) is 0 Å². The van der Waals surface area contributed by atoms with Gasteiger partial charge in [-0.05, 0) is 51.7 Å². The van der Waals surface area contributed by atoms with E-state index in [-0.39, 0.29) is 40.1 Å². The summed E-state index contributed by atoms with van der Waals surface area (Å²) >= 11 is 12.1. The van der Waals surface area contributed by atoms with Gasteiger partial charge in [0.2, 0.25) is 5.91 Å². The normalized spacial score (nSPS) is 21.6. The van der Waals surface area contributed by atoms with E-state index >= 15 is 8.78 Å². The molecule has 0 spiro atoms. The molecule has 2 heterocycles. The number of amides is 1. The summed E-state index contributed by atoms with van der Waals surface area (Å²) in [5.74, 6) is -2.72. The maximum absolute atomic E-state index is 15.4. The second-order valence-corrected chi connectivity index (χ2v) is 12.4. The van der Waals surface area contributed by atoms with Crippen LogP contribution < -0.4 is 16.4 Å². The third kappa shape index (κ3) is 7.28. The van der Waals surface area contributed by atoms with Gasteiger partial charge < -0.3 is 31.1 Å². The highest BCUT2D eigenvalue weighted by Gasteiger charge is 2.52. The number of carbonyl (C=O) groups excluding carboxylic acids is 1. The standard InChI is InChI=1S/C29H36Cl2F2N6O3/c1-28(2,42-14-18(40)13-38(3)4)16-39-11-10-23(37-39)36-27(41)26-24(19-6-5-7-21(31)25(19)33)29(34,15-35-26)20-9-8-17(30)12-22(20)32/h5-12,18,24,26,35,40H,13-16,34H2,1-4H3,(H,36,37,41)/t18-,24+,26-,29+/m1/s1. The van der Waals surface area contributed by atoms with Crippen molar-refractivity contribution in [3.05, 3.63) is 81.5 Å². The number of nitrogens with two attached hydrogens (primary N) is 1. The van der Waals surface area contributed by atoms with Gasteiger partial charge in [0.05, 0.1) is 41.5 Å². The quantitative estimate of drug-likeness (QED) is 0.257. The third-order valence-electron chi connectivity index (χ3n) is 7.21. The van der Waals surface area contributed by atoms with E-state index in [1.165, 1.54) is 24.3 Å². The number of likely N-dealkylation sites (N-methyl/N-ethyl adjacent to an activating group) is 1. The summed E-state index contributed by atoms with van der Waals surface area (Å²) < 4.78 is 38.0. The van der Waals surface area contributed by atoms with E-state index in [0.717, 1.165) is 6.07 Å². The highest BCUT2D eigenvalue weighted by atomic mass is 35.5. The number of ether oxygens (including phenoxy) is 1. The molecule has 1 amide bonds. The fraction of sp³-hybridized carbons (Fsp3) is 0.448. The van der Waals surface area contributed by atoms with Gasteiger partial charge in [0.25, 0.3) is 0 Å². The Labute approximate surface area is 253 Å². The zero-order valence-corrected chi connectivity index (χ0v) is 25.4. The summed E-state index contributed by atoms with van der Waals surface area (Å²) in [4.78, 5) is 15.5. The molecule has 4 atom stereocenters. The van der Waals surface area contributed by atoms with E-state index in [2.05, 4.69) is 15.7 Å². The van der Waals surface area contributed by atoms with Crippen LogP contribution in [0.4, 0.5) is 14.6 Å². The Hall–Kier alpha value is -2.64. The number of aromatic nitrogens is 2. The molecule has 0 aliphatic carbocycles. The van der Waals surface area contributed by atoms with Gasteiger partial charge in [0.15, 0.2) is 5.82 Å². The number of carbonyl (C=O) groups is 1. The van der Waals surface area contributed by atoms with E-state index in [4.69, 9.17) is 33.7 Å². The lowest BCUT2D eigenvalue weighted by Crippen LogP contribution is -2.46. The van der Waals surface area contributed by atoms with Crippen LogP contribution in [0.1, 0.15) is 30.9 Å². The van der Waals surface area contributed by atoms with Crippen LogP contribution in [0.3, 0.4) is 0 Å². The van der Waals surface area contributed by atoms with Crippen molar-refractivity contribution >= 4 is 34.9 Å². The number of benzene rings is 2. The molecule has 1 aliphatic rings. The first-order valence-electron chi connectivity index (χ1n) is 13.4. The molecular weight excluding hydrogens is 589 g/mol. The minimum atomic E-state index is -1.51. The van der Waals surface area contributed by atoms with Crippen molar-refractivity contribution in [2.75, 3.05) is 39.1 Å². The molecule has 5 N–H and O–H groups in total. The van der Waals surface area contributed by atoms with Crippen LogP contribution in [-0.4, -0.2) is 77.2 Å². The zero-order valence-electron chi connectivity index (χ0n) is 23.9. The Morgan fingerprint density at radius 1 is 1.31 bits per heavy atom. The number of aliphatic hydroxyl groups excluding tert-OH is 1. The lowest BCUT2D eigenvalue weighted by Gasteiger charge is -2.34.